The maximum Gasteiger partial charge on any atom is 0.244 e. The molecular weight excluding hydrogens is 520 g/mol. The topological polar surface area (TPSA) is 87.5 Å². The first-order chi connectivity index (χ1) is 20.6. The third-order valence-corrected chi connectivity index (χ3v) is 8.01. The summed E-state index contributed by atoms with van der Waals surface area (Å²) in [5.41, 5.74) is 9.13. The Labute approximate surface area is 248 Å². The lowest BCUT2D eigenvalue weighted by Crippen LogP contribution is -2.45. The van der Waals surface area contributed by atoms with Crippen LogP contribution in [-0.4, -0.2) is 55.5 Å². The molecule has 0 bridgehead atoms. The van der Waals surface area contributed by atoms with Gasteiger partial charge in [-0.05, 0) is 59.0 Å². The molecule has 4 aromatic carbocycles. The van der Waals surface area contributed by atoms with Crippen molar-refractivity contribution in [3.8, 4) is 0 Å². The molecule has 1 aliphatic heterocycles. The number of rotatable bonds is 11. The van der Waals surface area contributed by atoms with Gasteiger partial charge in [0.1, 0.15) is 0 Å². The maximum atomic E-state index is 13.8. The van der Waals surface area contributed by atoms with Gasteiger partial charge in [-0.25, -0.2) is 0 Å². The van der Waals surface area contributed by atoms with Crippen LogP contribution in [-0.2, 0) is 9.59 Å². The molecule has 216 valence electrons. The van der Waals surface area contributed by atoms with E-state index in [0.29, 0.717) is 39.1 Å². The standard InChI is InChI=1S/C36H40N4O2/c37-21-9-16-34-36(42)40(26-33(30-11-3-1-4-12-30)31-13-5-2-6-14-31)25-28(23-38-34)24-39-35(41)20-18-27-17-19-29-10-7-8-15-32(29)22-27/h1-8,10-15,17-20,22,28,33-34,38H,9,16,21,23-26,37H2,(H,39,41)/b20-18+/t28-,34-/m0/s1. The van der Waals surface area contributed by atoms with Gasteiger partial charge in [0.05, 0.1) is 6.04 Å². The number of nitrogens with one attached hydrogen (secondary N) is 2. The molecule has 2 amide bonds. The smallest absolute Gasteiger partial charge is 0.244 e. The van der Waals surface area contributed by atoms with Crippen molar-refractivity contribution in [3.63, 3.8) is 0 Å². The molecule has 0 saturated carbocycles. The molecule has 0 aromatic heterocycles. The summed E-state index contributed by atoms with van der Waals surface area (Å²) in [6.45, 7) is 2.80. The first-order valence-corrected chi connectivity index (χ1v) is 14.9. The minimum Gasteiger partial charge on any atom is -0.352 e. The fourth-order valence-corrected chi connectivity index (χ4v) is 5.71. The van der Waals surface area contributed by atoms with Gasteiger partial charge in [-0.15, -0.1) is 0 Å². The number of carbonyl (C=O) groups excluding carboxylic acids is 2. The number of hydrogen-bond acceptors (Lipinski definition) is 4. The van der Waals surface area contributed by atoms with Crippen molar-refractivity contribution in [1.29, 1.82) is 0 Å². The summed E-state index contributed by atoms with van der Waals surface area (Å²) in [7, 11) is 0. The zero-order chi connectivity index (χ0) is 29.1. The van der Waals surface area contributed by atoms with Crippen LogP contribution >= 0.6 is 0 Å². The molecule has 0 spiro atoms. The summed E-state index contributed by atoms with van der Waals surface area (Å²) >= 11 is 0. The fourth-order valence-electron chi connectivity index (χ4n) is 5.71. The van der Waals surface area contributed by atoms with Crippen LogP contribution in [0.15, 0.2) is 109 Å². The molecule has 2 atom stereocenters. The normalized spacial score (nSPS) is 17.6. The number of carbonyl (C=O) groups is 2. The van der Waals surface area contributed by atoms with E-state index in [1.807, 2.05) is 65.6 Å². The van der Waals surface area contributed by atoms with E-state index in [4.69, 9.17) is 5.73 Å². The molecule has 1 fully saturated rings. The Balaban J connectivity index is 1.28. The number of amides is 2. The number of nitrogens with two attached hydrogens (primary N) is 1. The van der Waals surface area contributed by atoms with Crippen LogP contribution in [0.25, 0.3) is 16.8 Å². The Hall–Kier alpha value is -4.26. The molecule has 1 saturated heterocycles. The van der Waals surface area contributed by atoms with Crippen LogP contribution in [0.5, 0.6) is 0 Å². The lowest BCUT2D eigenvalue weighted by atomic mass is 9.90. The summed E-state index contributed by atoms with van der Waals surface area (Å²) in [4.78, 5) is 28.6. The van der Waals surface area contributed by atoms with E-state index in [-0.39, 0.29) is 29.7 Å². The number of fused-ring (bicyclic) bond motifs is 1. The molecule has 42 heavy (non-hydrogen) atoms. The molecule has 5 rings (SSSR count). The van der Waals surface area contributed by atoms with Crippen molar-refractivity contribution in [2.45, 2.75) is 24.8 Å². The van der Waals surface area contributed by atoms with Gasteiger partial charge in [-0.3, -0.25) is 9.59 Å². The van der Waals surface area contributed by atoms with Crippen molar-refractivity contribution in [1.82, 2.24) is 15.5 Å². The van der Waals surface area contributed by atoms with Crippen molar-refractivity contribution in [2.75, 3.05) is 32.7 Å². The van der Waals surface area contributed by atoms with Crippen LogP contribution in [0, 0.1) is 5.92 Å². The number of benzene rings is 4. The Morgan fingerprint density at radius 3 is 2.29 bits per heavy atom. The molecule has 6 nitrogen and oxygen atoms in total. The van der Waals surface area contributed by atoms with Crippen molar-refractivity contribution in [2.24, 2.45) is 11.7 Å². The van der Waals surface area contributed by atoms with Crippen molar-refractivity contribution in [3.05, 3.63) is 126 Å². The third-order valence-electron chi connectivity index (χ3n) is 8.01. The van der Waals surface area contributed by atoms with E-state index in [9.17, 15) is 9.59 Å². The average Bonchev–Trinajstić information content (AvgIpc) is 3.19. The van der Waals surface area contributed by atoms with Crippen LogP contribution in [0.2, 0.25) is 0 Å². The van der Waals surface area contributed by atoms with Gasteiger partial charge in [0.15, 0.2) is 0 Å². The summed E-state index contributed by atoms with van der Waals surface area (Å²) < 4.78 is 0. The summed E-state index contributed by atoms with van der Waals surface area (Å²) in [5, 5.41) is 8.87. The lowest BCUT2D eigenvalue weighted by molar-refractivity contribution is -0.133. The largest absolute Gasteiger partial charge is 0.352 e. The van der Waals surface area contributed by atoms with Crippen molar-refractivity contribution < 1.29 is 9.59 Å². The first-order valence-electron chi connectivity index (χ1n) is 14.9. The predicted octanol–water partition coefficient (Wildman–Crippen LogP) is 4.96. The zero-order valence-corrected chi connectivity index (χ0v) is 24.0. The van der Waals surface area contributed by atoms with Gasteiger partial charge in [-0.1, -0.05) is 97.1 Å². The van der Waals surface area contributed by atoms with Crippen LogP contribution in [0.4, 0.5) is 0 Å². The molecule has 1 heterocycles. The Bertz CT molecular complexity index is 1450. The van der Waals surface area contributed by atoms with Crippen LogP contribution < -0.4 is 16.4 Å². The molecule has 4 aromatic rings. The van der Waals surface area contributed by atoms with Gasteiger partial charge in [0, 0.05) is 44.1 Å². The summed E-state index contributed by atoms with van der Waals surface area (Å²) in [6, 6.07) is 34.8. The lowest BCUT2D eigenvalue weighted by Gasteiger charge is -2.30. The Kier molecular flexibility index (Phi) is 10.1. The minimum atomic E-state index is -0.283. The second-order valence-corrected chi connectivity index (χ2v) is 11.1. The molecule has 0 aliphatic carbocycles. The van der Waals surface area contributed by atoms with E-state index < -0.39 is 0 Å². The predicted molar refractivity (Wildman–Crippen MR) is 171 cm³/mol. The number of hydrogen-bond donors (Lipinski definition) is 3. The fraction of sp³-hybridized carbons (Fsp3) is 0.278. The van der Waals surface area contributed by atoms with Gasteiger partial charge in [0.2, 0.25) is 11.8 Å². The summed E-state index contributed by atoms with van der Waals surface area (Å²) in [5.74, 6) is 0.0773. The third kappa shape index (κ3) is 7.72. The second kappa shape index (κ2) is 14.6. The molecule has 0 radical (unpaired) electrons. The summed E-state index contributed by atoms with van der Waals surface area (Å²) in [6.07, 6.45) is 4.90. The Morgan fingerprint density at radius 2 is 1.60 bits per heavy atom. The van der Waals surface area contributed by atoms with Crippen LogP contribution in [0.1, 0.15) is 35.4 Å². The van der Waals surface area contributed by atoms with E-state index in [1.54, 1.807) is 6.08 Å². The second-order valence-electron chi connectivity index (χ2n) is 11.1. The van der Waals surface area contributed by atoms with E-state index in [1.165, 1.54) is 16.5 Å². The van der Waals surface area contributed by atoms with E-state index >= 15 is 0 Å². The van der Waals surface area contributed by atoms with Gasteiger partial charge < -0.3 is 21.3 Å². The minimum absolute atomic E-state index is 0.0461. The molecule has 4 N–H and O–H groups in total. The van der Waals surface area contributed by atoms with Gasteiger partial charge in [-0.2, -0.15) is 0 Å². The highest BCUT2D eigenvalue weighted by Crippen LogP contribution is 2.27. The highest BCUT2D eigenvalue weighted by atomic mass is 16.2. The van der Waals surface area contributed by atoms with Crippen molar-refractivity contribution >= 4 is 28.7 Å². The monoisotopic (exact) mass is 560 g/mol. The number of nitrogens with zero attached hydrogens (tertiary/aromatic N) is 1. The molecular formula is C36H40N4O2. The average molecular weight is 561 g/mol. The highest BCUT2D eigenvalue weighted by molar-refractivity contribution is 5.93. The SMILES string of the molecule is NCCC[C@@H]1NC[C@@H](CNC(=O)/C=C/c2ccc3ccccc3c2)CN(CC(c2ccccc2)c2ccccc2)C1=O. The zero-order valence-electron chi connectivity index (χ0n) is 24.0. The van der Waals surface area contributed by atoms with E-state index in [0.717, 1.165) is 17.4 Å². The first kappa shape index (κ1) is 29.2. The van der Waals surface area contributed by atoms with E-state index in [2.05, 4.69) is 59.2 Å². The quantitative estimate of drug-likeness (QED) is 0.227. The molecule has 6 heteroatoms. The van der Waals surface area contributed by atoms with Crippen LogP contribution in [0.3, 0.4) is 0 Å². The highest BCUT2D eigenvalue weighted by Gasteiger charge is 2.32. The molecule has 1 aliphatic rings. The van der Waals surface area contributed by atoms with Gasteiger partial charge >= 0.3 is 0 Å². The maximum absolute atomic E-state index is 13.8. The Morgan fingerprint density at radius 1 is 0.929 bits per heavy atom. The molecule has 0 unspecified atom stereocenters. The van der Waals surface area contributed by atoms with Gasteiger partial charge in [0.25, 0.3) is 0 Å².